The van der Waals surface area contributed by atoms with Gasteiger partial charge in [-0.1, -0.05) is 0 Å². The van der Waals surface area contributed by atoms with Gasteiger partial charge in [-0.05, 0) is 39.0 Å². The minimum Gasteiger partial charge on any atom is -0.444 e. The molecule has 0 aromatic carbocycles. The van der Waals surface area contributed by atoms with Crippen molar-refractivity contribution in [2.24, 2.45) is 0 Å². The molecular formula is C19H24N6O3. The fourth-order valence-corrected chi connectivity index (χ4v) is 3.42. The smallest absolute Gasteiger partial charge is 0.410 e. The number of fused-ring (bicyclic) bond motifs is 3. The highest BCUT2D eigenvalue weighted by Gasteiger charge is 2.38. The first kappa shape index (κ1) is 18.3. The van der Waals surface area contributed by atoms with Crippen molar-refractivity contribution in [2.75, 3.05) is 30.4 Å². The summed E-state index contributed by atoms with van der Waals surface area (Å²) in [6.07, 6.45) is -0.348. The maximum Gasteiger partial charge on any atom is 0.410 e. The van der Waals surface area contributed by atoms with E-state index < -0.39 is 5.60 Å². The lowest BCUT2D eigenvalue weighted by molar-refractivity contribution is -0.115. The van der Waals surface area contributed by atoms with Crippen molar-refractivity contribution in [1.29, 1.82) is 5.41 Å². The zero-order chi connectivity index (χ0) is 20.2. The number of ether oxygens (including phenoxy) is 1. The summed E-state index contributed by atoms with van der Waals surface area (Å²) >= 11 is 0. The number of carbonyl (C=O) groups is 2. The number of benzene rings is 1. The van der Waals surface area contributed by atoms with Crippen molar-refractivity contribution in [3.63, 3.8) is 0 Å². The third-order valence-electron chi connectivity index (χ3n) is 4.92. The SMILES string of the molecule is CN(C(=O)OC(C)(C)C)C1CN(c2nc3ccc(=N)cc-3n3c2NC(=O)C3)C1. The Morgan fingerprint density at radius 3 is 2.75 bits per heavy atom. The molecular weight excluding hydrogens is 360 g/mol. The molecule has 0 aromatic rings. The van der Waals surface area contributed by atoms with Gasteiger partial charge in [-0.2, -0.15) is 0 Å². The number of amides is 2. The fourth-order valence-electron chi connectivity index (χ4n) is 3.42. The molecule has 9 heteroatoms. The van der Waals surface area contributed by atoms with Gasteiger partial charge in [0.1, 0.15) is 12.1 Å². The van der Waals surface area contributed by atoms with Crippen molar-refractivity contribution < 1.29 is 14.3 Å². The Morgan fingerprint density at radius 1 is 1.36 bits per heavy atom. The fraction of sp³-hybridized carbons (Fsp3) is 0.474. The number of aromatic nitrogens is 2. The molecule has 0 aromatic heterocycles. The van der Waals surface area contributed by atoms with Crippen LogP contribution in [0.4, 0.5) is 16.4 Å². The van der Waals surface area contributed by atoms with Crippen molar-refractivity contribution in [1.82, 2.24) is 14.5 Å². The molecule has 3 heterocycles. The highest BCUT2D eigenvalue weighted by atomic mass is 16.6. The summed E-state index contributed by atoms with van der Waals surface area (Å²) in [5, 5.41) is 11.1. The van der Waals surface area contributed by atoms with Crippen LogP contribution in [0.25, 0.3) is 11.4 Å². The molecule has 4 rings (SSSR count). The van der Waals surface area contributed by atoms with Gasteiger partial charge < -0.3 is 29.8 Å². The Morgan fingerprint density at radius 2 is 2.07 bits per heavy atom. The Balaban J connectivity index is 1.57. The zero-order valence-corrected chi connectivity index (χ0v) is 16.4. The van der Waals surface area contributed by atoms with Crippen LogP contribution in [-0.2, 0) is 16.1 Å². The average molecular weight is 384 g/mol. The summed E-state index contributed by atoms with van der Waals surface area (Å²) in [6, 6.07) is 5.21. The second-order valence-electron chi connectivity index (χ2n) is 8.27. The molecule has 1 aliphatic carbocycles. The summed E-state index contributed by atoms with van der Waals surface area (Å²) in [6.45, 7) is 6.95. The van der Waals surface area contributed by atoms with E-state index in [1.807, 2.05) is 30.2 Å². The summed E-state index contributed by atoms with van der Waals surface area (Å²) < 4.78 is 7.29. The lowest BCUT2D eigenvalue weighted by Crippen LogP contribution is -2.60. The first-order valence-corrected chi connectivity index (χ1v) is 9.22. The van der Waals surface area contributed by atoms with Crippen LogP contribution in [0.1, 0.15) is 20.8 Å². The number of likely N-dealkylation sites (N-methyl/N-ethyl adjacent to an activating group) is 1. The van der Waals surface area contributed by atoms with Gasteiger partial charge in [0, 0.05) is 20.1 Å². The molecule has 0 spiro atoms. The maximum absolute atomic E-state index is 12.3. The minimum absolute atomic E-state index is 0.0146. The number of nitrogens with one attached hydrogen (secondary N) is 2. The predicted octanol–water partition coefficient (Wildman–Crippen LogP) is 1.47. The minimum atomic E-state index is -0.535. The second-order valence-corrected chi connectivity index (χ2v) is 8.27. The van der Waals surface area contributed by atoms with E-state index in [1.54, 1.807) is 30.1 Å². The monoisotopic (exact) mass is 384 g/mol. The van der Waals surface area contributed by atoms with E-state index in [0.29, 0.717) is 30.1 Å². The van der Waals surface area contributed by atoms with Gasteiger partial charge in [0.2, 0.25) is 5.91 Å². The van der Waals surface area contributed by atoms with Crippen LogP contribution < -0.4 is 15.6 Å². The van der Waals surface area contributed by atoms with Crippen molar-refractivity contribution in [2.45, 2.75) is 39.0 Å². The van der Waals surface area contributed by atoms with Gasteiger partial charge in [0.25, 0.3) is 0 Å². The summed E-state index contributed by atoms with van der Waals surface area (Å²) in [5.74, 6) is 1.22. The van der Waals surface area contributed by atoms with Crippen LogP contribution in [0.2, 0.25) is 0 Å². The lowest BCUT2D eigenvalue weighted by atomic mass is 10.1. The van der Waals surface area contributed by atoms with Crippen LogP contribution in [0.15, 0.2) is 18.2 Å². The third kappa shape index (κ3) is 3.17. The molecule has 9 nitrogen and oxygen atoms in total. The van der Waals surface area contributed by atoms with E-state index >= 15 is 0 Å². The van der Waals surface area contributed by atoms with Crippen LogP contribution in [0.3, 0.4) is 0 Å². The molecule has 2 amide bonds. The zero-order valence-electron chi connectivity index (χ0n) is 16.4. The molecule has 0 atom stereocenters. The van der Waals surface area contributed by atoms with Crippen molar-refractivity contribution >= 4 is 23.6 Å². The largest absolute Gasteiger partial charge is 0.444 e. The quantitative estimate of drug-likeness (QED) is 0.816. The Hall–Kier alpha value is -3.10. The van der Waals surface area contributed by atoms with E-state index in [2.05, 4.69) is 5.32 Å². The summed E-state index contributed by atoms with van der Waals surface area (Å²) in [5.41, 5.74) is 0.954. The molecule has 0 unspecified atom stereocenters. The lowest BCUT2D eigenvalue weighted by Gasteiger charge is -2.45. The molecule has 3 aliphatic heterocycles. The normalized spacial score (nSPS) is 16.6. The Labute approximate surface area is 162 Å². The maximum atomic E-state index is 12.3. The van der Waals surface area contributed by atoms with Crippen LogP contribution >= 0.6 is 0 Å². The van der Waals surface area contributed by atoms with Gasteiger partial charge >= 0.3 is 6.09 Å². The number of hydrogen-bond donors (Lipinski definition) is 2. The first-order valence-electron chi connectivity index (χ1n) is 9.22. The number of hydrogen-bond acceptors (Lipinski definition) is 6. The van der Waals surface area contributed by atoms with Crippen LogP contribution in [-0.4, -0.2) is 58.2 Å². The Bertz CT molecular complexity index is 986. The van der Waals surface area contributed by atoms with E-state index in [-0.39, 0.29) is 24.6 Å². The van der Waals surface area contributed by atoms with Crippen molar-refractivity contribution in [3.05, 3.63) is 23.6 Å². The van der Waals surface area contributed by atoms with Crippen LogP contribution in [0, 0.1) is 5.41 Å². The third-order valence-corrected chi connectivity index (χ3v) is 4.92. The van der Waals surface area contributed by atoms with Gasteiger partial charge in [0.05, 0.1) is 22.8 Å². The second kappa shape index (κ2) is 6.22. The topological polar surface area (TPSA) is 104 Å². The highest BCUT2D eigenvalue weighted by molar-refractivity contribution is 5.98. The molecule has 28 heavy (non-hydrogen) atoms. The Kier molecular flexibility index (Phi) is 4.06. The first-order chi connectivity index (χ1) is 13.1. The number of carbonyl (C=O) groups excluding carboxylic acids is 2. The molecule has 2 N–H and O–H groups in total. The van der Waals surface area contributed by atoms with Gasteiger partial charge in [-0.15, -0.1) is 0 Å². The predicted molar refractivity (Wildman–Crippen MR) is 103 cm³/mol. The molecule has 1 saturated heterocycles. The standard InChI is InChI=1S/C19H24N6O3/c1-19(2,3)28-18(27)23(4)12-8-24(9-12)16-17-22-15(26)10-25(17)14-7-11(20)5-6-13(14)21-16/h5-7,12,20H,8-10H2,1-4H3,(H,22,26). The van der Waals surface area contributed by atoms with Crippen molar-refractivity contribution in [3.8, 4) is 11.4 Å². The average Bonchev–Trinajstić information content (AvgIpc) is 2.94. The molecule has 1 fully saturated rings. The van der Waals surface area contributed by atoms with Gasteiger partial charge in [0.15, 0.2) is 11.6 Å². The molecule has 4 aliphatic rings. The molecule has 148 valence electrons. The summed E-state index contributed by atoms with van der Waals surface area (Å²) in [7, 11) is 1.74. The highest BCUT2D eigenvalue weighted by Crippen LogP contribution is 2.36. The number of nitrogens with zero attached hydrogens (tertiary/aromatic N) is 4. The van der Waals surface area contributed by atoms with Gasteiger partial charge in [-0.3, -0.25) is 4.79 Å². The molecule has 0 saturated carbocycles. The summed E-state index contributed by atoms with van der Waals surface area (Å²) in [4.78, 5) is 32.6. The van der Waals surface area contributed by atoms with E-state index in [9.17, 15) is 9.59 Å². The van der Waals surface area contributed by atoms with E-state index in [1.165, 1.54) is 0 Å². The van der Waals surface area contributed by atoms with Crippen LogP contribution in [0.5, 0.6) is 0 Å². The van der Waals surface area contributed by atoms with E-state index in [4.69, 9.17) is 15.1 Å². The number of anilines is 2. The van der Waals surface area contributed by atoms with Gasteiger partial charge in [-0.25, -0.2) is 9.78 Å². The number of rotatable bonds is 2. The molecule has 0 radical (unpaired) electrons. The molecule has 0 bridgehead atoms. The van der Waals surface area contributed by atoms with E-state index in [0.717, 1.165) is 11.4 Å².